The van der Waals surface area contributed by atoms with Crippen molar-refractivity contribution in [3.63, 3.8) is 0 Å². The third-order valence-electron chi connectivity index (χ3n) is 2.63. The topological polar surface area (TPSA) is 3.24 Å². The first kappa shape index (κ1) is 14.7. The number of nitrogens with zero attached hydrogens (tertiary/aromatic N) is 1. The molecule has 0 atom stereocenters. The molecular formula is C13H18Cl2FN. The maximum atomic E-state index is 13.5. The summed E-state index contributed by atoms with van der Waals surface area (Å²) in [6.45, 7) is 1.57. The first-order chi connectivity index (χ1) is 8.13. The summed E-state index contributed by atoms with van der Waals surface area (Å²) in [5, 5.41) is 0.441. The van der Waals surface area contributed by atoms with Gasteiger partial charge in [0, 0.05) is 23.0 Å². The van der Waals surface area contributed by atoms with Gasteiger partial charge < -0.3 is 4.90 Å². The number of alkyl halides is 1. The van der Waals surface area contributed by atoms with Crippen LogP contribution in [-0.2, 0) is 6.54 Å². The van der Waals surface area contributed by atoms with Crippen LogP contribution < -0.4 is 0 Å². The van der Waals surface area contributed by atoms with E-state index < -0.39 is 0 Å². The summed E-state index contributed by atoms with van der Waals surface area (Å²) in [5.74, 6) is 0.486. The fourth-order valence-corrected chi connectivity index (χ4v) is 2.02. The second-order valence-electron chi connectivity index (χ2n) is 4.22. The van der Waals surface area contributed by atoms with Gasteiger partial charge in [-0.25, -0.2) is 4.39 Å². The number of halogens is 3. The molecule has 0 aromatic heterocycles. The number of rotatable bonds is 7. The molecule has 0 aliphatic rings. The summed E-state index contributed by atoms with van der Waals surface area (Å²) in [6.07, 6.45) is 3.26. The highest BCUT2D eigenvalue weighted by atomic mass is 35.5. The lowest BCUT2D eigenvalue weighted by Gasteiger charge is -2.16. The minimum Gasteiger partial charge on any atom is -0.302 e. The minimum atomic E-state index is -0.231. The van der Waals surface area contributed by atoms with Crippen LogP contribution in [0.1, 0.15) is 24.8 Å². The molecule has 17 heavy (non-hydrogen) atoms. The van der Waals surface area contributed by atoms with Crippen molar-refractivity contribution in [1.29, 1.82) is 0 Å². The van der Waals surface area contributed by atoms with Gasteiger partial charge in [0.15, 0.2) is 0 Å². The van der Waals surface area contributed by atoms with Crippen LogP contribution in [0.5, 0.6) is 0 Å². The third-order valence-corrected chi connectivity index (χ3v) is 3.13. The summed E-state index contributed by atoms with van der Waals surface area (Å²) < 4.78 is 13.5. The van der Waals surface area contributed by atoms with Crippen LogP contribution in [0.15, 0.2) is 18.2 Å². The highest BCUT2D eigenvalue weighted by Crippen LogP contribution is 2.16. The highest BCUT2D eigenvalue weighted by molar-refractivity contribution is 6.30. The van der Waals surface area contributed by atoms with Gasteiger partial charge in [0.05, 0.1) is 0 Å². The lowest BCUT2D eigenvalue weighted by atomic mass is 10.2. The molecule has 0 radical (unpaired) electrons. The molecule has 1 aromatic rings. The van der Waals surface area contributed by atoms with Crippen molar-refractivity contribution in [3.8, 4) is 0 Å². The molecule has 4 heteroatoms. The Morgan fingerprint density at radius 3 is 2.65 bits per heavy atom. The van der Waals surface area contributed by atoms with E-state index in [1.165, 1.54) is 6.07 Å². The Morgan fingerprint density at radius 2 is 2.00 bits per heavy atom. The maximum Gasteiger partial charge on any atom is 0.129 e. The summed E-state index contributed by atoms with van der Waals surface area (Å²) >= 11 is 11.3. The maximum absolute atomic E-state index is 13.5. The predicted molar refractivity (Wildman–Crippen MR) is 72.3 cm³/mol. The Bertz CT molecular complexity index is 344. The molecule has 0 bridgehead atoms. The molecule has 0 saturated carbocycles. The highest BCUT2D eigenvalue weighted by Gasteiger charge is 2.06. The molecular weight excluding hydrogens is 260 g/mol. The SMILES string of the molecule is CN(CCCCCCl)Cc1ccc(Cl)cc1F. The predicted octanol–water partition coefficient (Wildman–Crippen LogP) is 4.32. The average Bonchev–Trinajstić information content (AvgIpc) is 2.28. The average molecular weight is 278 g/mol. The van der Waals surface area contributed by atoms with Gasteiger partial charge in [-0.15, -0.1) is 11.6 Å². The molecule has 1 aromatic carbocycles. The molecule has 0 aliphatic carbocycles. The Hall–Kier alpha value is -0.310. The van der Waals surface area contributed by atoms with Crippen LogP contribution in [0.25, 0.3) is 0 Å². The van der Waals surface area contributed by atoms with Crippen molar-refractivity contribution >= 4 is 23.2 Å². The molecule has 0 amide bonds. The lowest BCUT2D eigenvalue weighted by Crippen LogP contribution is -2.19. The fourth-order valence-electron chi connectivity index (χ4n) is 1.67. The number of unbranched alkanes of at least 4 members (excludes halogenated alkanes) is 2. The molecule has 1 nitrogen and oxygen atoms in total. The van der Waals surface area contributed by atoms with Crippen molar-refractivity contribution in [2.24, 2.45) is 0 Å². The summed E-state index contributed by atoms with van der Waals surface area (Å²) in [7, 11) is 1.99. The van der Waals surface area contributed by atoms with Gasteiger partial charge in [0.1, 0.15) is 5.82 Å². The Morgan fingerprint density at radius 1 is 1.24 bits per heavy atom. The van der Waals surface area contributed by atoms with Crippen LogP contribution in [0.2, 0.25) is 5.02 Å². The Labute approximate surface area is 113 Å². The van der Waals surface area contributed by atoms with Gasteiger partial charge in [-0.2, -0.15) is 0 Å². The normalized spacial score (nSPS) is 11.1. The molecule has 0 aliphatic heterocycles. The number of hydrogen-bond acceptors (Lipinski definition) is 1. The Balaban J connectivity index is 2.37. The van der Waals surface area contributed by atoms with E-state index in [1.54, 1.807) is 12.1 Å². The van der Waals surface area contributed by atoms with Crippen molar-refractivity contribution in [3.05, 3.63) is 34.6 Å². The van der Waals surface area contributed by atoms with E-state index in [1.807, 2.05) is 7.05 Å². The molecule has 0 fully saturated rings. The summed E-state index contributed by atoms with van der Waals surface area (Å²) in [4.78, 5) is 2.11. The van der Waals surface area contributed by atoms with E-state index in [4.69, 9.17) is 23.2 Å². The van der Waals surface area contributed by atoms with Crippen molar-refractivity contribution in [2.75, 3.05) is 19.5 Å². The van der Waals surface area contributed by atoms with Crippen LogP contribution in [0.3, 0.4) is 0 Å². The monoisotopic (exact) mass is 277 g/mol. The van der Waals surface area contributed by atoms with Gasteiger partial charge in [-0.1, -0.05) is 24.1 Å². The van der Waals surface area contributed by atoms with Crippen molar-refractivity contribution in [2.45, 2.75) is 25.8 Å². The molecule has 1 rings (SSSR count). The summed E-state index contributed by atoms with van der Waals surface area (Å²) in [5.41, 5.74) is 0.689. The quantitative estimate of drug-likeness (QED) is 0.530. The van der Waals surface area contributed by atoms with Gasteiger partial charge >= 0.3 is 0 Å². The molecule has 96 valence electrons. The molecule has 0 heterocycles. The Kier molecular flexibility index (Phi) is 6.86. The second kappa shape index (κ2) is 7.91. The first-order valence-electron chi connectivity index (χ1n) is 5.82. The van der Waals surface area contributed by atoms with Gasteiger partial charge in [-0.3, -0.25) is 0 Å². The van der Waals surface area contributed by atoms with Crippen LogP contribution >= 0.6 is 23.2 Å². The third kappa shape index (κ3) is 5.71. The minimum absolute atomic E-state index is 0.231. The van der Waals surface area contributed by atoms with E-state index >= 15 is 0 Å². The van der Waals surface area contributed by atoms with E-state index in [2.05, 4.69) is 4.90 Å². The van der Waals surface area contributed by atoms with Gasteiger partial charge in [-0.05, 0) is 38.6 Å². The smallest absolute Gasteiger partial charge is 0.129 e. The molecule has 0 N–H and O–H groups in total. The van der Waals surface area contributed by atoms with Gasteiger partial charge in [0.25, 0.3) is 0 Å². The second-order valence-corrected chi connectivity index (χ2v) is 5.04. The molecule has 0 unspecified atom stereocenters. The van der Waals surface area contributed by atoms with E-state index in [0.29, 0.717) is 17.1 Å². The van der Waals surface area contributed by atoms with Gasteiger partial charge in [0.2, 0.25) is 0 Å². The number of hydrogen-bond donors (Lipinski definition) is 0. The van der Waals surface area contributed by atoms with Crippen molar-refractivity contribution in [1.82, 2.24) is 4.90 Å². The van der Waals surface area contributed by atoms with Crippen LogP contribution in [0.4, 0.5) is 4.39 Å². The summed E-state index contributed by atoms with van der Waals surface area (Å²) in [6, 6.07) is 4.83. The van der Waals surface area contributed by atoms with Crippen LogP contribution in [-0.4, -0.2) is 24.4 Å². The zero-order valence-electron chi connectivity index (χ0n) is 10.1. The first-order valence-corrected chi connectivity index (χ1v) is 6.73. The van der Waals surface area contributed by atoms with Crippen LogP contribution in [0, 0.1) is 5.82 Å². The largest absolute Gasteiger partial charge is 0.302 e. The zero-order valence-corrected chi connectivity index (χ0v) is 11.6. The van der Waals surface area contributed by atoms with E-state index in [0.717, 1.165) is 31.7 Å². The lowest BCUT2D eigenvalue weighted by molar-refractivity contribution is 0.313. The van der Waals surface area contributed by atoms with Crippen molar-refractivity contribution < 1.29 is 4.39 Å². The molecule has 0 saturated heterocycles. The number of benzene rings is 1. The van der Waals surface area contributed by atoms with E-state index in [9.17, 15) is 4.39 Å². The van der Waals surface area contributed by atoms with E-state index in [-0.39, 0.29) is 5.82 Å². The fraction of sp³-hybridized carbons (Fsp3) is 0.538. The molecule has 0 spiro atoms. The zero-order chi connectivity index (χ0) is 12.7. The standard InChI is InChI=1S/C13H18Cl2FN/c1-17(8-4-2-3-7-14)10-11-5-6-12(15)9-13(11)16/h5-6,9H,2-4,7-8,10H2,1H3.